The van der Waals surface area contributed by atoms with Gasteiger partial charge in [-0.15, -0.1) is 0 Å². The van der Waals surface area contributed by atoms with Crippen molar-refractivity contribution in [3.63, 3.8) is 0 Å². The molecule has 4 aromatic rings. The second-order valence-corrected chi connectivity index (χ2v) is 9.77. The Bertz CT molecular complexity index is 1500. The molecular weight excluding hydrogens is 490 g/mol. The van der Waals surface area contributed by atoms with Crippen LogP contribution in [0.15, 0.2) is 105 Å². The van der Waals surface area contributed by atoms with Crippen LogP contribution in [0.4, 0.5) is 0 Å². The monoisotopic (exact) mass is 519 g/mol. The predicted octanol–water partition coefficient (Wildman–Crippen LogP) is 4.30. The molecule has 1 unspecified atom stereocenters. The van der Waals surface area contributed by atoms with E-state index in [0.29, 0.717) is 43.9 Å². The van der Waals surface area contributed by atoms with Crippen molar-refractivity contribution < 1.29 is 14.0 Å². The lowest BCUT2D eigenvalue weighted by Crippen LogP contribution is -2.51. The molecule has 2 amide bonds. The van der Waals surface area contributed by atoms with Gasteiger partial charge in [0.2, 0.25) is 11.9 Å². The molecule has 1 aromatic heterocycles. The lowest BCUT2D eigenvalue weighted by molar-refractivity contribution is -0.121. The van der Waals surface area contributed by atoms with Crippen molar-refractivity contribution in [1.82, 2.24) is 15.1 Å². The van der Waals surface area contributed by atoms with Crippen LogP contribution in [0, 0.1) is 0 Å². The maximum Gasteiger partial charge on any atom is 0.253 e. The van der Waals surface area contributed by atoms with Gasteiger partial charge < -0.3 is 9.32 Å². The molecule has 0 radical (unpaired) electrons. The number of rotatable bonds is 5. The van der Waals surface area contributed by atoms with Gasteiger partial charge in [-0.05, 0) is 29.8 Å². The van der Waals surface area contributed by atoms with Crippen LogP contribution >= 0.6 is 0 Å². The Morgan fingerprint density at radius 3 is 2.31 bits per heavy atom. The van der Waals surface area contributed by atoms with Crippen LogP contribution in [0.25, 0.3) is 11.0 Å². The van der Waals surface area contributed by atoms with Crippen molar-refractivity contribution in [2.45, 2.75) is 12.5 Å². The molecule has 3 heterocycles. The lowest BCUT2D eigenvalue weighted by atomic mass is 9.99. The van der Waals surface area contributed by atoms with E-state index in [2.05, 4.69) is 5.32 Å². The zero-order valence-corrected chi connectivity index (χ0v) is 21.5. The zero-order chi connectivity index (χ0) is 26.6. The fourth-order valence-electron chi connectivity index (χ4n) is 5.03. The zero-order valence-electron chi connectivity index (χ0n) is 21.5. The Hall–Kier alpha value is -4.56. The maximum atomic E-state index is 13.0. The van der Waals surface area contributed by atoms with Crippen molar-refractivity contribution >= 4 is 34.5 Å². The summed E-state index contributed by atoms with van der Waals surface area (Å²) in [6.45, 7) is 2.61. The highest BCUT2D eigenvalue weighted by atomic mass is 16.3. The van der Waals surface area contributed by atoms with E-state index < -0.39 is 0 Å². The minimum absolute atomic E-state index is 0.0238. The molecule has 196 valence electrons. The Morgan fingerprint density at radius 1 is 0.872 bits per heavy atom. The molecule has 1 N–H and O–H groups in total. The quantitative estimate of drug-likeness (QED) is 0.426. The summed E-state index contributed by atoms with van der Waals surface area (Å²) in [5.41, 5.74) is 3.28. The standard InChI is InChI=1S/C31H29N5O3/c37-29(21-35-15-17-36(18-16-35)30(38)23-11-5-2-6-12-23)34-31-32-25(22-9-3-1-4-10-22)20-26(33-31)28-19-24-13-7-8-14-27(24)39-28/h1-14,19,25H,15-18,20-21H2,(H,32,34,37). The number of fused-ring (bicyclic) bond motifs is 1. The van der Waals surface area contributed by atoms with Crippen LogP contribution in [-0.4, -0.2) is 66.0 Å². The van der Waals surface area contributed by atoms with Crippen molar-refractivity contribution in [3.8, 4) is 0 Å². The van der Waals surface area contributed by atoms with E-state index in [9.17, 15) is 9.59 Å². The molecular formula is C31H29N5O3. The molecule has 1 atom stereocenters. The number of amides is 2. The second kappa shape index (κ2) is 11.0. The lowest BCUT2D eigenvalue weighted by Gasteiger charge is -2.34. The fourth-order valence-corrected chi connectivity index (χ4v) is 5.03. The summed E-state index contributed by atoms with van der Waals surface area (Å²) in [7, 11) is 0. The Morgan fingerprint density at radius 2 is 1.56 bits per heavy atom. The molecule has 8 heteroatoms. The summed E-state index contributed by atoms with van der Waals surface area (Å²) in [5.74, 6) is 0.806. The van der Waals surface area contributed by atoms with Gasteiger partial charge in [-0.2, -0.15) is 0 Å². The number of aliphatic imine (C=N–C) groups is 2. The predicted molar refractivity (Wildman–Crippen MR) is 151 cm³/mol. The molecule has 6 rings (SSSR count). The molecule has 0 aliphatic carbocycles. The van der Waals surface area contributed by atoms with Gasteiger partial charge in [0, 0.05) is 43.5 Å². The summed E-state index contributed by atoms with van der Waals surface area (Å²) in [4.78, 5) is 39.1. The molecule has 2 aliphatic heterocycles. The van der Waals surface area contributed by atoms with Crippen molar-refractivity contribution in [2.75, 3.05) is 32.7 Å². The van der Waals surface area contributed by atoms with E-state index in [4.69, 9.17) is 14.4 Å². The van der Waals surface area contributed by atoms with Crippen LogP contribution in [0.2, 0.25) is 0 Å². The number of furan rings is 1. The van der Waals surface area contributed by atoms with E-state index in [1.807, 2.05) is 101 Å². The number of nitrogens with one attached hydrogen (secondary N) is 1. The van der Waals surface area contributed by atoms with Crippen LogP contribution in [0.5, 0.6) is 0 Å². The summed E-state index contributed by atoms with van der Waals surface area (Å²) in [6, 6.07) is 28.9. The van der Waals surface area contributed by atoms with E-state index in [-0.39, 0.29) is 30.4 Å². The molecule has 1 fully saturated rings. The third-order valence-electron chi connectivity index (χ3n) is 7.10. The van der Waals surface area contributed by atoms with Crippen LogP contribution in [-0.2, 0) is 4.79 Å². The highest BCUT2D eigenvalue weighted by molar-refractivity contribution is 6.11. The smallest absolute Gasteiger partial charge is 0.253 e. The average molecular weight is 520 g/mol. The first kappa shape index (κ1) is 24.8. The largest absolute Gasteiger partial charge is 0.455 e. The van der Waals surface area contributed by atoms with Crippen LogP contribution in [0.1, 0.15) is 34.1 Å². The van der Waals surface area contributed by atoms with E-state index in [0.717, 1.165) is 22.2 Å². The molecule has 1 saturated heterocycles. The number of carbonyl (C=O) groups is 2. The molecule has 3 aromatic carbocycles. The minimum Gasteiger partial charge on any atom is -0.455 e. The third-order valence-corrected chi connectivity index (χ3v) is 7.10. The Kier molecular flexibility index (Phi) is 7.01. The fraction of sp³-hybridized carbons (Fsp3) is 0.226. The van der Waals surface area contributed by atoms with Gasteiger partial charge in [0.15, 0.2) is 0 Å². The average Bonchev–Trinajstić information content (AvgIpc) is 3.43. The highest BCUT2D eigenvalue weighted by Gasteiger charge is 2.26. The van der Waals surface area contributed by atoms with Gasteiger partial charge in [0.05, 0.1) is 18.3 Å². The van der Waals surface area contributed by atoms with Gasteiger partial charge in [-0.1, -0.05) is 66.7 Å². The van der Waals surface area contributed by atoms with Gasteiger partial charge >= 0.3 is 0 Å². The summed E-state index contributed by atoms with van der Waals surface area (Å²) >= 11 is 0. The second-order valence-electron chi connectivity index (χ2n) is 9.77. The summed E-state index contributed by atoms with van der Waals surface area (Å²) in [5, 5.41) is 3.92. The van der Waals surface area contributed by atoms with Gasteiger partial charge in [0.1, 0.15) is 11.3 Å². The van der Waals surface area contributed by atoms with Gasteiger partial charge in [-0.3, -0.25) is 19.8 Å². The van der Waals surface area contributed by atoms with Crippen LogP contribution < -0.4 is 5.32 Å². The molecule has 0 spiro atoms. The molecule has 0 saturated carbocycles. The number of nitrogens with zero attached hydrogens (tertiary/aromatic N) is 4. The van der Waals surface area contributed by atoms with Crippen molar-refractivity contribution in [2.24, 2.45) is 9.98 Å². The van der Waals surface area contributed by atoms with E-state index in [1.54, 1.807) is 0 Å². The molecule has 39 heavy (non-hydrogen) atoms. The summed E-state index contributed by atoms with van der Waals surface area (Å²) < 4.78 is 6.09. The Labute approximate surface area is 226 Å². The molecule has 0 bridgehead atoms. The number of hydrogen-bond donors (Lipinski definition) is 1. The van der Waals surface area contributed by atoms with Crippen LogP contribution in [0.3, 0.4) is 0 Å². The number of benzene rings is 3. The number of carbonyl (C=O) groups excluding carboxylic acids is 2. The first-order valence-corrected chi connectivity index (χ1v) is 13.2. The maximum absolute atomic E-state index is 13.0. The Balaban J connectivity index is 1.13. The SMILES string of the molecule is O=C(CN1CCN(C(=O)c2ccccc2)CC1)NC1=NC(c2ccccc2)CC(c2cc3ccccc3o2)=N1. The topological polar surface area (TPSA) is 90.5 Å². The normalized spacial score (nSPS) is 17.9. The van der Waals surface area contributed by atoms with Gasteiger partial charge in [-0.25, -0.2) is 9.98 Å². The highest BCUT2D eigenvalue weighted by Crippen LogP contribution is 2.29. The number of piperazine rings is 1. The van der Waals surface area contributed by atoms with Gasteiger partial charge in [0.25, 0.3) is 5.91 Å². The number of guanidine groups is 1. The van der Waals surface area contributed by atoms with E-state index >= 15 is 0 Å². The first-order chi connectivity index (χ1) is 19.1. The van der Waals surface area contributed by atoms with Crippen molar-refractivity contribution in [3.05, 3.63) is 108 Å². The van der Waals surface area contributed by atoms with E-state index in [1.165, 1.54) is 0 Å². The molecule has 2 aliphatic rings. The third kappa shape index (κ3) is 5.66. The number of para-hydroxylation sites is 1. The minimum atomic E-state index is -0.185. The molecule has 8 nitrogen and oxygen atoms in total. The number of hydrogen-bond acceptors (Lipinski definition) is 6. The first-order valence-electron chi connectivity index (χ1n) is 13.2. The summed E-state index contributed by atoms with van der Waals surface area (Å²) in [6.07, 6.45) is 0.570. The van der Waals surface area contributed by atoms with Crippen molar-refractivity contribution in [1.29, 1.82) is 0 Å².